The Bertz CT molecular complexity index is 706. The lowest BCUT2D eigenvalue weighted by atomic mass is 10.1. The molecule has 0 amide bonds. The second kappa shape index (κ2) is 4.86. The smallest absolute Gasteiger partial charge is 0.237 e. The van der Waals surface area contributed by atoms with E-state index in [2.05, 4.69) is 30.9 Å². The topological polar surface area (TPSA) is 61.3 Å². The lowest BCUT2D eigenvalue weighted by Crippen LogP contribution is -1.82. The van der Waals surface area contributed by atoms with E-state index < -0.39 is 0 Å². The van der Waals surface area contributed by atoms with Crippen LogP contribution in [0.1, 0.15) is 11.3 Å². The summed E-state index contributed by atoms with van der Waals surface area (Å²) >= 11 is 4.93. The molecule has 0 bridgehead atoms. The molecule has 1 aliphatic rings. The number of H-pyrrole nitrogens is 1. The molecule has 0 aliphatic carbocycles. The van der Waals surface area contributed by atoms with Gasteiger partial charge in [-0.2, -0.15) is 4.98 Å². The average Bonchev–Trinajstić information content (AvgIpc) is 2.96. The van der Waals surface area contributed by atoms with Gasteiger partial charge in [-0.25, -0.2) is 0 Å². The van der Waals surface area contributed by atoms with Crippen LogP contribution < -0.4 is 0 Å². The fourth-order valence-corrected chi connectivity index (χ4v) is 2.76. The maximum atomic E-state index is 9.77. The lowest BCUT2D eigenvalue weighted by Gasteiger charge is -2.00. The van der Waals surface area contributed by atoms with Crippen LogP contribution in [-0.2, 0) is 0 Å². The second-order valence-electron chi connectivity index (χ2n) is 3.98. The van der Waals surface area contributed by atoms with Crippen molar-refractivity contribution < 1.29 is 5.11 Å². The van der Waals surface area contributed by atoms with E-state index >= 15 is 0 Å². The molecule has 19 heavy (non-hydrogen) atoms. The van der Waals surface area contributed by atoms with E-state index in [9.17, 15) is 5.11 Å². The van der Waals surface area contributed by atoms with Crippen molar-refractivity contribution in [2.24, 2.45) is 4.99 Å². The first-order chi connectivity index (χ1) is 9.19. The van der Waals surface area contributed by atoms with Gasteiger partial charge in [0.2, 0.25) is 5.88 Å². The number of benzene rings is 1. The molecule has 3 rings (SSSR count). The van der Waals surface area contributed by atoms with Gasteiger partial charge in [-0.3, -0.25) is 4.99 Å². The maximum absolute atomic E-state index is 9.77. The molecule has 0 fully saturated rings. The molecular formula is C13H10BrN3OS. The first-order valence-electron chi connectivity index (χ1n) is 5.56. The zero-order chi connectivity index (χ0) is 13.4. The summed E-state index contributed by atoms with van der Waals surface area (Å²) in [6.45, 7) is 0. The molecule has 2 aromatic rings. The minimum absolute atomic E-state index is 0.00805. The molecule has 0 spiro atoms. The number of thioether (sulfide) groups is 1. The Balaban J connectivity index is 2.06. The largest absolute Gasteiger partial charge is 0.492 e. The van der Waals surface area contributed by atoms with Crippen molar-refractivity contribution in [2.75, 3.05) is 6.26 Å². The number of nitrogens with one attached hydrogen (secondary N) is 1. The third kappa shape index (κ3) is 2.21. The highest BCUT2D eigenvalue weighted by molar-refractivity contribution is 9.10. The normalized spacial score (nSPS) is 15.2. The van der Waals surface area contributed by atoms with Gasteiger partial charge in [0, 0.05) is 21.8 Å². The minimum Gasteiger partial charge on any atom is -0.492 e. The first-order valence-corrected chi connectivity index (χ1v) is 7.58. The van der Waals surface area contributed by atoms with Crippen molar-refractivity contribution >= 4 is 51.2 Å². The monoisotopic (exact) mass is 335 g/mol. The Morgan fingerprint density at radius 3 is 3.00 bits per heavy atom. The quantitative estimate of drug-likeness (QED) is 0.819. The Labute approximate surface area is 122 Å². The molecule has 2 heterocycles. The van der Waals surface area contributed by atoms with E-state index in [1.807, 2.05) is 30.5 Å². The average molecular weight is 336 g/mol. The minimum atomic E-state index is 0.00805. The molecule has 0 saturated carbocycles. The van der Waals surface area contributed by atoms with Crippen LogP contribution in [0.15, 0.2) is 32.8 Å². The molecule has 0 radical (unpaired) electrons. The summed E-state index contributed by atoms with van der Waals surface area (Å²) in [4.78, 5) is 11.4. The fourth-order valence-electron chi connectivity index (χ4n) is 1.91. The highest BCUT2D eigenvalue weighted by Gasteiger charge is 2.16. The number of nitrogens with zero attached hydrogens (tertiary/aromatic N) is 2. The number of hydrogen-bond acceptors (Lipinski definition) is 4. The Morgan fingerprint density at radius 2 is 2.26 bits per heavy atom. The summed E-state index contributed by atoms with van der Waals surface area (Å²) in [5, 5.41) is 10.5. The van der Waals surface area contributed by atoms with E-state index in [1.165, 1.54) is 11.8 Å². The number of aromatic amines is 1. The molecule has 0 atom stereocenters. The van der Waals surface area contributed by atoms with Crippen LogP contribution >= 0.6 is 27.7 Å². The molecule has 4 nitrogen and oxygen atoms in total. The van der Waals surface area contributed by atoms with E-state index in [1.54, 1.807) is 6.21 Å². The number of aliphatic imine (C=N–C) groups is 1. The SMILES string of the molecule is CSc1nc(O)c(/C=C2\C=Nc3c(Br)cccc32)[nH]1. The number of allylic oxidation sites excluding steroid dienone is 1. The molecule has 1 aliphatic heterocycles. The van der Waals surface area contributed by atoms with E-state index in [0.717, 1.165) is 21.3 Å². The van der Waals surface area contributed by atoms with Crippen LogP contribution in [0.4, 0.5) is 5.69 Å². The number of imidazole rings is 1. The molecular weight excluding hydrogens is 326 g/mol. The molecule has 0 saturated heterocycles. The van der Waals surface area contributed by atoms with Crippen molar-refractivity contribution in [3.05, 3.63) is 33.9 Å². The summed E-state index contributed by atoms with van der Waals surface area (Å²) in [5.74, 6) is 0.00805. The molecule has 2 N–H and O–H groups in total. The van der Waals surface area contributed by atoms with Gasteiger partial charge in [0.15, 0.2) is 5.16 Å². The second-order valence-corrected chi connectivity index (χ2v) is 5.63. The Kier molecular flexibility index (Phi) is 3.20. The van der Waals surface area contributed by atoms with E-state index in [-0.39, 0.29) is 5.88 Å². The van der Waals surface area contributed by atoms with Crippen molar-refractivity contribution in [1.29, 1.82) is 0 Å². The summed E-state index contributed by atoms with van der Waals surface area (Å²) in [5.41, 5.74) is 3.49. The van der Waals surface area contributed by atoms with Crippen molar-refractivity contribution in [2.45, 2.75) is 5.16 Å². The van der Waals surface area contributed by atoms with Crippen LogP contribution in [0.5, 0.6) is 5.88 Å². The molecule has 6 heteroatoms. The van der Waals surface area contributed by atoms with E-state index in [4.69, 9.17) is 0 Å². The van der Waals surface area contributed by atoms with Gasteiger partial charge < -0.3 is 10.1 Å². The third-order valence-electron chi connectivity index (χ3n) is 2.81. The number of para-hydroxylation sites is 1. The third-order valence-corrected chi connectivity index (χ3v) is 4.03. The molecule has 96 valence electrons. The van der Waals surface area contributed by atoms with Crippen LogP contribution in [0.25, 0.3) is 11.6 Å². The van der Waals surface area contributed by atoms with Crippen LogP contribution in [0, 0.1) is 0 Å². The van der Waals surface area contributed by atoms with Gasteiger partial charge in [-0.05, 0) is 34.3 Å². The van der Waals surface area contributed by atoms with Gasteiger partial charge in [-0.15, -0.1) is 0 Å². The summed E-state index contributed by atoms with van der Waals surface area (Å²) in [7, 11) is 0. The van der Waals surface area contributed by atoms with Crippen molar-refractivity contribution in [3.8, 4) is 5.88 Å². The van der Waals surface area contributed by atoms with Crippen LogP contribution in [0.3, 0.4) is 0 Å². The number of fused-ring (bicyclic) bond motifs is 1. The Morgan fingerprint density at radius 1 is 1.42 bits per heavy atom. The van der Waals surface area contributed by atoms with Crippen molar-refractivity contribution in [3.63, 3.8) is 0 Å². The number of halogens is 1. The first kappa shape index (κ1) is 12.5. The van der Waals surface area contributed by atoms with Gasteiger partial charge in [0.25, 0.3) is 0 Å². The molecule has 1 aromatic heterocycles. The summed E-state index contributed by atoms with van der Waals surface area (Å²) in [6.07, 6.45) is 5.54. The highest BCUT2D eigenvalue weighted by atomic mass is 79.9. The molecule has 1 aromatic carbocycles. The summed E-state index contributed by atoms with van der Waals surface area (Å²) in [6, 6.07) is 5.92. The van der Waals surface area contributed by atoms with Gasteiger partial charge in [0.1, 0.15) is 5.69 Å². The summed E-state index contributed by atoms with van der Waals surface area (Å²) < 4.78 is 0.961. The number of hydrogen-bond donors (Lipinski definition) is 2. The predicted molar refractivity (Wildman–Crippen MR) is 82.2 cm³/mol. The van der Waals surface area contributed by atoms with Gasteiger partial charge in [0.05, 0.1) is 5.69 Å². The van der Waals surface area contributed by atoms with Crippen molar-refractivity contribution in [1.82, 2.24) is 9.97 Å². The number of rotatable bonds is 2. The zero-order valence-electron chi connectivity index (χ0n) is 10.0. The predicted octanol–water partition coefficient (Wildman–Crippen LogP) is 3.86. The number of aromatic hydroxyl groups is 1. The van der Waals surface area contributed by atoms with Crippen LogP contribution in [-0.4, -0.2) is 27.5 Å². The molecule has 0 unspecified atom stereocenters. The van der Waals surface area contributed by atoms with E-state index in [0.29, 0.717) is 10.9 Å². The maximum Gasteiger partial charge on any atom is 0.237 e. The van der Waals surface area contributed by atoms with Gasteiger partial charge in [-0.1, -0.05) is 23.9 Å². The highest BCUT2D eigenvalue weighted by Crippen LogP contribution is 2.38. The zero-order valence-corrected chi connectivity index (χ0v) is 12.4. The standard InChI is InChI=1S/C13H10BrN3OS/c1-19-13-16-10(12(18)17-13)5-7-6-15-11-8(7)3-2-4-9(11)14/h2-6,18H,1H3,(H,16,17)/b7-5+. The van der Waals surface area contributed by atoms with Gasteiger partial charge >= 0.3 is 0 Å². The van der Waals surface area contributed by atoms with Crippen LogP contribution in [0.2, 0.25) is 0 Å². The Hall–Kier alpha value is -1.53. The fraction of sp³-hybridized carbons (Fsp3) is 0.0769. The number of aromatic nitrogens is 2. The lowest BCUT2D eigenvalue weighted by molar-refractivity contribution is 0.453.